The molecule has 1 aliphatic heterocycles. The zero-order valence-corrected chi connectivity index (χ0v) is 13.3. The Kier molecular flexibility index (Phi) is 4.64. The van der Waals surface area contributed by atoms with E-state index >= 15 is 0 Å². The van der Waals surface area contributed by atoms with Crippen LogP contribution in [-0.2, 0) is 0 Å². The smallest absolute Gasteiger partial charge is 0.272 e. The number of rotatable bonds is 3. The third-order valence-electron chi connectivity index (χ3n) is 4.08. The van der Waals surface area contributed by atoms with E-state index in [0.717, 1.165) is 37.3 Å². The van der Waals surface area contributed by atoms with Gasteiger partial charge in [0.15, 0.2) is 0 Å². The SMILES string of the molecule is Cc1ccc([C@@H](N2CCNCC2)C(C)(C)C)cc1[N+](=O)[O-]. The molecule has 0 bridgehead atoms. The first-order valence-electron chi connectivity index (χ1n) is 7.50. The fraction of sp³-hybridized carbons (Fsp3) is 0.625. The van der Waals surface area contributed by atoms with Crippen LogP contribution in [0.4, 0.5) is 5.69 Å². The monoisotopic (exact) mass is 291 g/mol. The zero-order chi connectivity index (χ0) is 15.6. The van der Waals surface area contributed by atoms with E-state index in [4.69, 9.17) is 0 Å². The molecule has 0 aromatic heterocycles. The first-order valence-corrected chi connectivity index (χ1v) is 7.50. The molecule has 1 N–H and O–H groups in total. The van der Waals surface area contributed by atoms with Crippen LogP contribution in [0.5, 0.6) is 0 Å². The van der Waals surface area contributed by atoms with E-state index in [-0.39, 0.29) is 22.1 Å². The minimum absolute atomic E-state index is 0.0282. The number of hydrogen-bond donors (Lipinski definition) is 1. The van der Waals surface area contributed by atoms with Crippen molar-refractivity contribution in [3.05, 3.63) is 39.4 Å². The molecule has 0 unspecified atom stereocenters. The molecule has 1 fully saturated rings. The molecule has 0 spiro atoms. The molecule has 0 aliphatic carbocycles. The molecule has 116 valence electrons. The molecule has 2 rings (SSSR count). The topological polar surface area (TPSA) is 58.4 Å². The first-order chi connectivity index (χ1) is 9.80. The van der Waals surface area contributed by atoms with Crippen LogP contribution in [0.2, 0.25) is 0 Å². The third-order valence-corrected chi connectivity index (χ3v) is 4.08. The van der Waals surface area contributed by atoms with Gasteiger partial charge >= 0.3 is 0 Å². The van der Waals surface area contributed by atoms with Gasteiger partial charge in [0, 0.05) is 43.9 Å². The highest BCUT2D eigenvalue weighted by molar-refractivity contribution is 5.43. The normalized spacial score (nSPS) is 18.5. The van der Waals surface area contributed by atoms with Gasteiger partial charge < -0.3 is 5.32 Å². The summed E-state index contributed by atoms with van der Waals surface area (Å²) in [5, 5.41) is 14.6. The molecule has 1 heterocycles. The van der Waals surface area contributed by atoms with Crippen molar-refractivity contribution in [1.29, 1.82) is 0 Å². The lowest BCUT2D eigenvalue weighted by Gasteiger charge is -2.42. The van der Waals surface area contributed by atoms with Crippen molar-refractivity contribution in [2.24, 2.45) is 5.41 Å². The number of nitrogens with zero attached hydrogens (tertiary/aromatic N) is 2. The predicted molar refractivity (Wildman–Crippen MR) is 84.5 cm³/mol. The number of piperazine rings is 1. The number of hydrogen-bond acceptors (Lipinski definition) is 4. The van der Waals surface area contributed by atoms with Gasteiger partial charge in [-0.2, -0.15) is 0 Å². The van der Waals surface area contributed by atoms with E-state index in [1.165, 1.54) is 0 Å². The zero-order valence-electron chi connectivity index (χ0n) is 13.3. The summed E-state index contributed by atoms with van der Waals surface area (Å²) in [5.41, 5.74) is 2.01. The Labute approximate surface area is 126 Å². The summed E-state index contributed by atoms with van der Waals surface area (Å²) in [4.78, 5) is 13.4. The lowest BCUT2D eigenvalue weighted by Crippen LogP contribution is -2.48. The van der Waals surface area contributed by atoms with Crippen molar-refractivity contribution in [3.8, 4) is 0 Å². The molecule has 1 aliphatic rings. The van der Waals surface area contributed by atoms with Gasteiger partial charge in [-0.15, -0.1) is 0 Å². The van der Waals surface area contributed by atoms with Crippen LogP contribution in [0.25, 0.3) is 0 Å². The largest absolute Gasteiger partial charge is 0.314 e. The Balaban J connectivity index is 2.41. The molecule has 1 atom stereocenters. The number of nitrogens with one attached hydrogen (secondary N) is 1. The molecule has 1 saturated heterocycles. The molecule has 1 aromatic carbocycles. The van der Waals surface area contributed by atoms with Gasteiger partial charge in [-0.05, 0) is 17.9 Å². The Morgan fingerprint density at radius 1 is 1.29 bits per heavy atom. The molecule has 21 heavy (non-hydrogen) atoms. The summed E-state index contributed by atoms with van der Waals surface area (Å²) in [6.07, 6.45) is 0. The van der Waals surface area contributed by atoms with E-state index in [0.29, 0.717) is 0 Å². The fourth-order valence-electron chi connectivity index (χ4n) is 3.19. The van der Waals surface area contributed by atoms with Crippen molar-refractivity contribution in [2.75, 3.05) is 26.2 Å². The van der Waals surface area contributed by atoms with Gasteiger partial charge in [0.05, 0.1) is 4.92 Å². The molecule has 5 heteroatoms. The van der Waals surface area contributed by atoms with Crippen LogP contribution in [0.15, 0.2) is 18.2 Å². The second-order valence-electron chi connectivity index (χ2n) is 6.86. The highest BCUT2D eigenvalue weighted by Crippen LogP contribution is 2.39. The van der Waals surface area contributed by atoms with Gasteiger partial charge in [-0.3, -0.25) is 15.0 Å². The van der Waals surface area contributed by atoms with Crippen LogP contribution in [0, 0.1) is 22.5 Å². The second-order valence-corrected chi connectivity index (χ2v) is 6.86. The van der Waals surface area contributed by atoms with Crippen LogP contribution >= 0.6 is 0 Å². The number of nitro benzene ring substituents is 1. The summed E-state index contributed by atoms with van der Waals surface area (Å²) in [6, 6.07) is 5.86. The van der Waals surface area contributed by atoms with Gasteiger partial charge in [-0.25, -0.2) is 0 Å². The van der Waals surface area contributed by atoms with Gasteiger partial charge in [0.25, 0.3) is 5.69 Å². The standard InChI is InChI=1S/C16H25N3O2/c1-12-5-6-13(11-14(12)19(20)21)15(16(2,3)4)18-9-7-17-8-10-18/h5-6,11,15,17H,7-10H2,1-4H3/t15-/m1/s1. The Morgan fingerprint density at radius 2 is 1.90 bits per heavy atom. The molecule has 0 radical (unpaired) electrons. The first kappa shape index (κ1) is 15.9. The Morgan fingerprint density at radius 3 is 2.43 bits per heavy atom. The predicted octanol–water partition coefficient (Wildman–Crippen LogP) is 2.90. The van der Waals surface area contributed by atoms with Gasteiger partial charge in [0.1, 0.15) is 0 Å². The van der Waals surface area contributed by atoms with Crippen molar-refractivity contribution in [1.82, 2.24) is 10.2 Å². The highest BCUT2D eigenvalue weighted by atomic mass is 16.6. The summed E-state index contributed by atoms with van der Waals surface area (Å²) in [5.74, 6) is 0. The number of nitro groups is 1. The van der Waals surface area contributed by atoms with Crippen LogP contribution in [-0.4, -0.2) is 36.0 Å². The van der Waals surface area contributed by atoms with E-state index in [2.05, 4.69) is 31.0 Å². The fourth-order valence-corrected chi connectivity index (χ4v) is 3.19. The Hall–Kier alpha value is -1.46. The lowest BCUT2D eigenvalue weighted by molar-refractivity contribution is -0.385. The average molecular weight is 291 g/mol. The maximum absolute atomic E-state index is 11.2. The highest BCUT2D eigenvalue weighted by Gasteiger charge is 2.33. The second kappa shape index (κ2) is 6.12. The summed E-state index contributed by atoms with van der Waals surface area (Å²) < 4.78 is 0. The minimum Gasteiger partial charge on any atom is -0.314 e. The van der Waals surface area contributed by atoms with E-state index in [9.17, 15) is 10.1 Å². The van der Waals surface area contributed by atoms with Crippen molar-refractivity contribution in [2.45, 2.75) is 33.7 Å². The van der Waals surface area contributed by atoms with Crippen molar-refractivity contribution < 1.29 is 4.92 Å². The molecule has 5 nitrogen and oxygen atoms in total. The maximum Gasteiger partial charge on any atom is 0.272 e. The van der Waals surface area contributed by atoms with Crippen molar-refractivity contribution in [3.63, 3.8) is 0 Å². The quantitative estimate of drug-likeness (QED) is 0.687. The van der Waals surface area contributed by atoms with Crippen molar-refractivity contribution >= 4 is 5.69 Å². The van der Waals surface area contributed by atoms with Gasteiger partial charge in [0.2, 0.25) is 0 Å². The number of aryl methyl sites for hydroxylation is 1. The maximum atomic E-state index is 11.2. The molecular weight excluding hydrogens is 266 g/mol. The third kappa shape index (κ3) is 3.60. The summed E-state index contributed by atoms with van der Waals surface area (Å²) >= 11 is 0. The molecule has 0 amide bonds. The van der Waals surface area contributed by atoms with E-state index in [1.54, 1.807) is 13.0 Å². The van der Waals surface area contributed by atoms with Gasteiger partial charge in [-0.1, -0.05) is 32.9 Å². The minimum atomic E-state index is -0.281. The van der Waals surface area contributed by atoms with E-state index < -0.39 is 0 Å². The van der Waals surface area contributed by atoms with Crippen LogP contribution in [0.3, 0.4) is 0 Å². The number of benzene rings is 1. The van der Waals surface area contributed by atoms with Crippen LogP contribution in [0.1, 0.15) is 37.9 Å². The summed E-state index contributed by atoms with van der Waals surface area (Å²) in [6.45, 7) is 12.3. The summed E-state index contributed by atoms with van der Waals surface area (Å²) in [7, 11) is 0. The molecular formula is C16H25N3O2. The average Bonchev–Trinajstić information content (AvgIpc) is 2.40. The van der Waals surface area contributed by atoms with E-state index in [1.807, 2.05) is 12.1 Å². The molecule has 1 aromatic rings. The molecule has 0 saturated carbocycles. The Bertz CT molecular complexity index is 517. The van der Waals surface area contributed by atoms with Crippen LogP contribution < -0.4 is 5.32 Å². The lowest BCUT2D eigenvalue weighted by atomic mass is 9.80.